The maximum Gasteiger partial charge on any atom is 0.341 e. The zero-order valence-corrected chi connectivity index (χ0v) is 14.5. The van der Waals surface area contributed by atoms with Crippen LogP contribution in [-0.4, -0.2) is 30.2 Å². The number of hydrogen-bond acceptors (Lipinski definition) is 4. The van der Waals surface area contributed by atoms with Crippen LogP contribution in [-0.2, 0) is 4.79 Å². The van der Waals surface area contributed by atoms with Gasteiger partial charge in [0.1, 0.15) is 0 Å². The van der Waals surface area contributed by atoms with Crippen LogP contribution < -0.4 is 14.8 Å². The van der Waals surface area contributed by atoms with Crippen LogP contribution in [0.25, 0.3) is 0 Å². The summed E-state index contributed by atoms with van der Waals surface area (Å²) in [6, 6.07) is 10.3. The lowest BCUT2D eigenvalue weighted by atomic mass is 10.1. The van der Waals surface area contributed by atoms with E-state index >= 15 is 0 Å². The van der Waals surface area contributed by atoms with E-state index in [-0.39, 0.29) is 11.7 Å². The number of aliphatic carboxylic acids is 1. The van der Waals surface area contributed by atoms with Crippen molar-refractivity contribution in [3.8, 4) is 11.5 Å². The lowest BCUT2D eigenvalue weighted by molar-refractivity contribution is -0.139. The summed E-state index contributed by atoms with van der Waals surface area (Å²) in [6.45, 7) is 5.61. The number of anilines is 1. The van der Waals surface area contributed by atoms with Crippen molar-refractivity contribution < 1.29 is 24.2 Å². The highest BCUT2D eigenvalue weighted by Gasteiger charge is 2.14. The van der Waals surface area contributed by atoms with Crippen molar-refractivity contribution in [2.24, 2.45) is 0 Å². The summed E-state index contributed by atoms with van der Waals surface area (Å²) in [5.74, 6) is -0.747. The molecule has 0 saturated carbocycles. The lowest BCUT2D eigenvalue weighted by Gasteiger charge is -2.13. The predicted molar refractivity (Wildman–Crippen MR) is 94.6 cm³/mol. The monoisotopic (exact) mass is 343 g/mol. The van der Waals surface area contributed by atoms with Crippen molar-refractivity contribution in [3.05, 3.63) is 53.1 Å². The molecule has 0 aliphatic heterocycles. The Labute approximate surface area is 146 Å². The second-order valence-corrected chi connectivity index (χ2v) is 5.48. The van der Waals surface area contributed by atoms with E-state index in [1.807, 2.05) is 32.0 Å². The number of carbonyl (C=O) groups excluding carboxylic acids is 1. The molecule has 2 aromatic rings. The Morgan fingerprint density at radius 3 is 2.52 bits per heavy atom. The third kappa shape index (κ3) is 4.73. The molecule has 0 aromatic heterocycles. The van der Waals surface area contributed by atoms with Gasteiger partial charge in [-0.2, -0.15) is 0 Å². The number of ether oxygens (including phenoxy) is 2. The smallest absolute Gasteiger partial charge is 0.341 e. The van der Waals surface area contributed by atoms with E-state index < -0.39 is 12.6 Å². The van der Waals surface area contributed by atoms with Gasteiger partial charge < -0.3 is 19.9 Å². The molecule has 0 unspecified atom stereocenters. The van der Waals surface area contributed by atoms with Crippen LogP contribution >= 0.6 is 0 Å². The third-order valence-corrected chi connectivity index (χ3v) is 3.71. The summed E-state index contributed by atoms with van der Waals surface area (Å²) in [6.07, 6.45) is 0. The highest BCUT2D eigenvalue weighted by molar-refractivity contribution is 6.05. The largest absolute Gasteiger partial charge is 0.490 e. The van der Waals surface area contributed by atoms with Crippen molar-refractivity contribution in [1.82, 2.24) is 0 Å². The predicted octanol–water partition coefficient (Wildman–Crippen LogP) is 3.42. The molecule has 0 atom stereocenters. The fraction of sp³-hybridized carbons (Fsp3) is 0.263. The zero-order chi connectivity index (χ0) is 18.4. The molecule has 0 aliphatic rings. The van der Waals surface area contributed by atoms with Gasteiger partial charge in [0.2, 0.25) is 0 Å². The van der Waals surface area contributed by atoms with Gasteiger partial charge in [0, 0.05) is 11.3 Å². The van der Waals surface area contributed by atoms with Gasteiger partial charge in [-0.15, -0.1) is 0 Å². The number of carboxylic acid groups (broad SMARTS) is 1. The summed E-state index contributed by atoms with van der Waals surface area (Å²) in [4.78, 5) is 23.2. The van der Waals surface area contributed by atoms with Crippen molar-refractivity contribution in [2.45, 2.75) is 20.8 Å². The molecule has 2 rings (SSSR count). The molecule has 0 saturated heterocycles. The molecular formula is C19H21NO5. The van der Waals surface area contributed by atoms with E-state index in [4.69, 9.17) is 14.6 Å². The van der Waals surface area contributed by atoms with E-state index in [2.05, 4.69) is 5.32 Å². The standard InChI is InChI=1S/C19H21NO5/c1-4-24-17-10-14(8-9-16(17)25-11-18(21)22)19(23)20-15-7-5-6-12(2)13(15)3/h5-10H,4,11H2,1-3H3,(H,20,23)(H,21,22). The molecule has 0 fully saturated rings. The average molecular weight is 343 g/mol. The van der Waals surface area contributed by atoms with Gasteiger partial charge in [-0.3, -0.25) is 4.79 Å². The number of rotatable bonds is 7. The topological polar surface area (TPSA) is 84.9 Å². The number of carboxylic acids is 1. The van der Waals surface area contributed by atoms with Gasteiger partial charge in [-0.05, 0) is 56.2 Å². The minimum atomic E-state index is -1.08. The van der Waals surface area contributed by atoms with E-state index in [0.717, 1.165) is 16.8 Å². The minimum absolute atomic E-state index is 0.278. The number of carbonyl (C=O) groups is 2. The molecule has 25 heavy (non-hydrogen) atoms. The van der Waals surface area contributed by atoms with Crippen LogP contribution in [0.2, 0.25) is 0 Å². The minimum Gasteiger partial charge on any atom is -0.490 e. The van der Waals surface area contributed by atoms with Gasteiger partial charge in [0.05, 0.1) is 6.61 Å². The first kappa shape index (κ1) is 18.3. The van der Waals surface area contributed by atoms with Crippen LogP contribution in [0.15, 0.2) is 36.4 Å². The van der Waals surface area contributed by atoms with Crippen LogP contribution in [0.1, 0.15) is 28.4 Å². The Bertz CT molecular complexity index is 785. The molecule has 0 spiro atoms. The number of aryl methyl sites for hydroxylation is 1. The SMILES string of the molecule is CCOc1cc(C(=O)Nc2cccc(C)c2C)ccc1OCC(=O)O. The molecule has 2 aromatic carbocycles. The molecule has 2 N–H and O–H groups in total. The number of nitrogens with one attached hydrogen (secondary N) is 1. The van der Waals surface area contributed by atoms with Crippen LogP contribution in [0.5, 0.6) is 11.5 Å². The molecular weight excluding hydrogens is 322 g/mol. The third-order valence-electron chi connectivity index (χ3n) is 3.71. The number of hydrogen-bond donors (Lipinski definition) is 2. The van der Waals surface area contributed by atoms with Crippen molar-refractivity contribution in [2.75, 3.05) is 18.5 Å². The first-order chi connectivity index (χ1) is 11.9. The van der Waals surface area contributed by atoms with Gasteiger partial charge in [-0.25, -0.2) is 4.79 Å². The van der Waals surface area contributed by atoms with Crippen molar-refractivity contribution >= 4 is 17.6 Å². The molecule has 0 aliphatic carbocycles. The normalized spacial score (nSPS) is 10.2. The summed E-state index contributed by atoms with van der Waals surface area (Å²) in [7, 11) is 0. The summed E-state index contributed by atoms with van der Waals surface area (Å²) < 4.78 is 10.6. The van der Waals surface area contributed by atoms with Crippen molar-refractivity contribution in [3.63, 3.8) is 0 Å². The summed E-state index contributed by atoms with van der Waals surface area (Å²) in [5.41, 5.74) is 3.23. The molecule has 0 radical (unpaired) electrons. The quantitative estimate of drug-likeness (QED) is 0.805. The highest BCUT2D eigenvalue weighted by Crippen LogP contribution is 2.29. The Morgan fingerprint density at radius 1 is 1.08 bits per heavy atom. The van der Waals surface area contributed by atoms with Crippen LogP contribution in [0.3, 0.4) is 0 Å². The fourth-order valence-electron chi connectivity index (χ4n) is 2.26. The number of amides is 1. The maximum atomic E-state index is 12.5. The van der Waals surface area contributed by atoms with Gasteiger partial charge in [0.15, 0.2) is 18.1 Å². The Morgan fingerprint density at radius 2 is 1.84 bits per heavy atom. The molecule has 6 heteroatoms. The second-order valence-electron chi connectivity index (χ2n) is 5.48. The van der Waals surface area contributed by atoms with Gasteiger partial charge >= 0.3 is 5.97 Å². The van der Waals surface area contributed by atoms with Gasteiger partial charge in [0.25, 0.3) is 5.91 Å². The molecule has 6 nitrogen and oxygen atoms in total. The second kappa shape index (κ2) is 8.19. The Balaban J connectivity index is 2.23. The summed E-state index contributed by atoms with van der Waals surface area (Å²) >= 11 is 0. The van der Waals surface area contributed by atoms with E-state index in [9.17, 15) is 9.59 Å². The van der Waals surface area contributed by atoms with E-state index in [1.54, 1.807) is 19.1 Å². The maximum absolute atomic E-state index is 12.5. The Hall–Kier alpha value is -3.02. The fourth-order valence-corrected chi connectivity index (χ4v) is 2.26. The first-order valence-corrected chi connectivity index (χ1v) is 7.91. The average Bonchev–Trinajstić information content (AvgIpc) is 2.58. The van der Waals surface area contributed by atoms with Gasteiger partial charge in [-0.1, -0.05) is 12.1 Å². The van der Waals surface area contributed by atoms with Crippen molar-refractivity contribution in [1.29, 1.82) is 0 Å². The number of benzene rings is 2. The van der Waals surface area contributed by atoms with Crippen LogP contribution in [0.4, 0.5) is 5.69 Å². The first-order valence-electron chi connectivity index (χ1n) is 7.91. The molecule has 0 bridgehead atoms. The molecule has 0 heterocycles. The Kier molecular flexibility index (Phi) is 6.00. The zero-order valence-electron chi connectivity index (χ0n) is 14.5. The summed E-state index contributed by atoms with van der Waals surface area (Å²) in [5, 5.41) is 11.6. The molecule has 1 amide bonds. The lowest BCUT2D eigenvalue weighted by Crippen LogP contribution is -2.14. The van der Waals surface area contributed by atoms with Crippen LogP contribution in [0, 0.1) is 13.8 Å². The van der Waals surface area contributed by atoms with E-state index in [1.165, 1.54) is 6.07 Å². The highest BCUT2D eigenvalue weighted by atomic mass is 16.5. The van der Waals surface area contributed by atoms with E-state index in [0.29, 0.717) is 17.9 Å². The molecule has 132 valence electrons.